The average Bonchev–Trinajstić information content (AvgIpc) is 2.79. The summed E-state index contributed by atoms with van der Waals surface area (Å²) >= 11 is 5.61. The first-order chi connectivity index (χ1) is 9.45. The molecule has 0 saturated carbocycles. The van der Waals surface area contributed by atoms with E-state index in [9.17, 15) is 18.0 Å². The third-order valence-electron chi connectivity index (χ3n) is 2.92. The Morgan fingerprint density at radius 2 is 2.20 bits per heavy atom. The van der Waals surface area contributed by atoms with E-state index < -0.39 is 23.8 Å². The predicted molar refractivity (Wildman–Crippen MR) is 69.7 cm³/mol. The lowest BCUT2D eigenvalue weighted by atomic mass is 10.2. The van der Waals surface area contributed by atoms with Crippen LogP contribution in [-0.4, -0.2) is 31.3 Å². The van der Waals surface area contributed by atoms with E-state index in [2.05, 4.69) is 16.0 Å². The van der Waals surface area contributed by atoms with Crippen LogP contribution in [-0.2, 0) is 0 Å². The number of hydrogen-bond acceptors (Lipinski definition) is 2. The molecule has 3 N–H and O–H groups in total. The van der Waals surface area contributed by atoms with Gasteiger partial charge in [-0.15, -0.1) is 0 Å². The lowest BCUT2D eigenvalue weighted by Gasteiger charge is -2.13. The van der Waals surface area contributed by atoms with E-state index in [4.69, 9.17) is 11.6 Å². The Morgan fingerprint density at radius 1 is 1.45 bits per heavy atom. The molecule has 2 unspecified atom stereocenters. The van der Waals surface area contributed by atoms with Crippen molar-refractivity contribution in [2.45, 2.75) is 18.6 Å². The van der Waals surface area contributed by atoms with Gasteiger partial charge in [0.25, 0.3) is 0 Å². The highest BCUT2D eigenvalue weighted by atomic mass is 35.5. The van der Waals surface area contributed by atoms with E-state index in [1.165, 1.54) is 0 Å². The maximum atomic E-state index is 13.2. The normalized spacial score (nSPS) is 21.8. The second-order valence-electron chi connectivity index (χ2n) is 4.52. The molecule has 1 fully saturated rings. The minimum absolute atomic E-state index is 0.157. The number of halogens is 4. The second-order valence-corrected chi connectivity index (χ2v) is 4.90. The topological polar surface area (TPSA) is 53.2 Å². The number of alkyl halides is 1. The number of carbonyl (C=O) groups is 1. The van der Waals surface area contributed by atoms with Gasteiger partial charge in [0, 0.05) is 25.2 Å². The number of nitrogens with one attached hydrogen (secondary N) is 3. The van der Waals surface area contributed by atoms with Gasteiger partial charge in [-0.05, 0) is 12.5 Å². The molecule has 2 atom stereocenters. The van der Waals surface area contributed by atoms with Gasteiger partial charge in [0.15, 0.2) is 0 Å². The van der Waals surface area contributed by atoms with Crippen LogP contribution < -0.4 is 16.0 Å². The lowest BCUT2D eigenvalue weighted by Crippen LogP contribution is -2.39. The highest BCUT2D eigenvalue weighted by Gasteiger charge is 2.23. The van der Waals surface area contributed by atoms with Crippen LogP contribution in [0.3, 0.4) is 0 Å². The van der Waals surface area contributed by atoms with Crippen LogP contribution >= 0.6 is 11.6 Å². The Bertz CT molecular complexity index is 515. The van der Waals surface area contributed by atoms with E-state index in [0.29, 0.717) is 12.5 Å². The second kappa shape index (κ2) is 6.32. The van der Waals surface area contributed by atoms with Crippen LogP contribution in [0.5, 0.6) is 0 Å². The monoisotopic (exact) mass is 307 g/mol. The van der Waals surface area contributed by atoms with Crippen molar-refractivity contribution in [1.29, 1.82) is 0 Å². The summed E-state index contributed by atoms with van der Waals surface area (Å²) in [5.74, 6) is -1.81. The van der Waals surface area contributed by atoms with E-state index in [0.717, 1.165) is 6.07 Å². The van der Waals surface area contributed by atoms with Crippen LogP contribution in [0.25, 0.3) is 0 Å². The van der Waals surface area contributed by atoms with E-state index >= 15 is 0 Å². The van der Waals surface area contributed by atoms with Gasteiger partial charge < -0.3 is 16.0 Å². The Hall–Kier alpha value is -1.47. The summed E-state index contributed by atoms with van der Waals surface area (Å²) in [7, 11) is 0. The molecule has 0 radical (unpaired) electrons. The smallest absolute Gasteiger partial charge is 0.319 e. The van der Waals surface area contributed by atoms with Crippen molar-refractivity contribution in [2.24, 2.45) is 0 Å². The number of carbonyl (C=O) groups excluding carboxylic acids is 1. The van der Waals surface area contributed by atoms with Gasteiger partial charge in [-0.25, -0.2) is 18.0 Å². The molecule has 110 valence electrons. The molecule has 4 nitrogen and oxygen atoms in total. The fraction of sp³-hybridized carbons (Fsp3) is 0.417. The van der Waals surface area contributed by atoms with Crippen molar-refractivity contribution in [3.63, 3.8) is 0 Å². The van der Waals surface area contributed by atoms with Crippen molar-refractivity contribution in [3.05, 3.63) is 28.8 Å². The van der Waals surface area contributed by atoms with Gasteiger partial charge in [0.05, 0.1) is 5.69 Å². The zero-order valence-electron chi connectivity index (χ0n) is 10.4. The molecule has 20 heavy (non-hydrogen) atoms. The fourth-order valence-electron chi connectivity index (χ4n) is 1.95. The van der Waals surface area contributed by atoms with Gasteiger partial charge in [0.2, 0.25) is 0 Å². The minimum atomic E-state index is -0.959. The molecule has 8 heteroatoms. The Morgan fingerprint density at radius 3 is 2.85 bits per heavy atom. The first-order valence-electron chi connectivity index (χ1n) is 6.02. The maximum absolute atomic E-state index is 13.2. The molecular weight excluding hydrogens is 295 g/mol. The summed E-state index contributed by atoms with van der Waals surface area (Å²) in [6.07, 6.45) is -0.605. The molecule has 0 bridgehead atoms. The Balaban J connectivity index is 1.88. The van der Waals surface area contributed by atoms with Gasteiger partial charge in [-0.2, -0.15) is 0 Å². The van der Waals surface area contributed by atoms with Crippen LogP contribution in [0.1, 0.15) is 6.42 Å². The Kier molecular flexibility index (Phi) is 4.72. The molecular formula is C12H13ClF3N3O. The summed E-state index contributed by atoms with van der Waals surface area (Å²) in [5, 5.41) is 7.24. The van der Waals surface area contributed by atoms with Crippen LogP contribution in [0, 0.1) is 11.6 Å². The first-order valence-corrected chi connectivity index (χ1v) is 6.40. The molecule has 1 aromatic carbocycles. The molecule has 1 saturated heterocycles. The number of amides is 2. The third kappa shape index (κ3) is 3.77. The van der Waals surface area contributed by atoms with E-state index in [-0.39, 0.29) is 29.8 Å². The van der Waals surface area contributed by atoms with Gasteiger partial charge >= 0.3 is 6.03 Å². The van der Waals surface area contributed by atoms with Crippen molar-refractivity contribution in [3.8, 4) is 0 Å². The van der Waals surface area contributed by atoms with Crippen molar-refractivity contribution in [2.75, 3.05) is 18.4 Å². The van der Waals surface area contributed by atoms with Crippen molar-refractivity contribution >= 4 is 23.3 Å². The molecule has 0 spiro atoms. The molecule has 2 rings (SSSR count). The van der Waals surface area contributed by atoms with Gasteiger partial charge in [-0.1, -0.05) is 11.6 Å². The number of benzene rings is 1. The van der Waals surface area contributed by atoms with Crippen molar-refractivity contribution < 1.29 is 18.0 Å². The number of urea groups is 1. The standard InChI is InChI=1S/C12H13ClF3N3O/c13-11-9(16)2-6(14)3-10(11)19-12(20)18-5-8-1-7(15)4-17-8/h2-3,7-8,17H,1,4-5H2,(H2,18,19,20). The van der Waals surface area contributed by atoms with Crippen LogP contribution in [0.2, 0.25) is 5.02 Å². The molecule has 0 aromatic heterocycles. The van der Waals surface area contributed by atoms with Crippen LogP contribution in [0.4, 0.5) is 23.7 Å². The minimum Gasteiger partial charge on any atom is -0.336 e. The highest BCUT2D eigenvalue weighted by Crippen LogP contribution is 2.26. The van der Waals surface area contributed by atoms with E-state index in [1.54, 1.807) is 0 Å². The number of rotatable bonds is 3. The third-order valence-corrected chi connectivity index (χ3v) is 3.30. The molecule has 2 amide bonds. The zero-order valence-corrected chi connectivity index (χ0v) is 11.1. The summed E-state index contributed by atoms with van der Waals surface area (Å²) in [4.78, 5) is 11.6. The highest BCUT2D eigenvalue weighted by molar-refractivity contribution is 6.33. The maximum Gasteiger partial charge on any atom is 0.319 e. The number of hydrogen-bond donors (Lipinski definition) is 3. The van der Waals surface area contributed by atoms with Gasteiger partial charge in [0.1, 0.15) is 22.8 Å². The molecule has 1 aromatic rings. The van der Waals surface area contributed by atoms with Gasteiger partial charge in [-0.3, -0.25) is 0 Å². The SMILES string of the molecule is O=C(NCC1CC(F)CN1)Nc1cc(F)cc(F)c1Cl. The van der Waals surface area contributed by atoms with E-state index in [1.807, 2.05) is 0 Å². The quantitative estimate of drug-likeness (QED) is 0.751. The summed E-state index contributed by atoms with van der Waals surface area (Å²) in [6, 6.07) is 0.711. The molecule has 1 aliphatic rings. The van der Waals surface area contributed by atoms with Crippen LogP contribution in [0.15, 0.2) is 12.1 Å². The summed E-state index contributed by atoms with van der Waals surface area (Å²) < 4.78 is 39.1. The largest absolute Gasteiger partial charge is 0.336 e. The lowest BCUT2D eigenvalue weighted by molar-refractivity contribution is 0.251. The predicted octanol–water partition coefficient (Wildman–Crippen LogP) is 2.44. The molecule has 0 aliphatic carbocycles. The molecule has 1 aliphatic heterocycles. The molecule has 1 heterocycles. The number of anilines is 1. The zero-order chi connectivity index (χ0) is 14.7. The van der Waals surface area contributed by atoms with Crippen molar-refractivity contribution in [1.82, 2.24) is 10.6 Å². The Labute approximate surface area is 118 Å². The summed E-state index contributed by atoms with van der Waals surface area (Å²) in [5.41, 5.74) is -0.163. The summed E-state index contributed by atoms with van der Waals surface area (Å²) in [6.45, 7) is 0.469. The fourth-order valence-corrected chi connectivity index (χ4v) is 2.11. The average molecular weight is 308 g/mol. The first kappa shape index (κ1) is 14.9.